The van der Waals surface area contributed by atoms with Gasteiger partial charge in [0.25, 0.3) is 0 Å². The van der Waals surface area contributed by atoms with Gasteiger partial charge < -0.3 is 10.1 Å². The molecule has 0 saturated heterocycles. The molecule has 72 valence electrons. The molecule has 13 heavy (non-hydrogen) atoms. The molecule has 0 unspecified atom stereocenters. The summed E-state index contributed by atoms with van der Waals surface area (Å²) in [6.07, 6.45) is 0. The Labute approximate surface area is 79.9 Å². The lowest BCUT2D eigenvalue weighted by molar-refractivity contribution is 0.339. The number of nitrogens with one attached hydrogen (secondary N) is 1. The fourth-order valence-corrected chi connectivity index (χ4v) is 1.48. The first-order valence-electron chi connectivity index (χ1n) is 4.60. The van der Waals surface area contributed by atoms with Gasteiger partial charge in [0.1, 0.15) is 5.75 Å². The van der Waals surface area contributed by atoms with Crippen LogP contribution in [0.15, 0.2) is 12.1 Å². The Bertz CT molecular complexity index is 294. The van der Waals surface area contributed by atoms with E-state index in [9.17, 15) is 0 Å². The van der Waals surface area contributed by atoms with Crippen molar-refractivity contribution in [2.45, 2.75) is 20.8 Å². The number of ether oxygens (including phenoxy) is 1. The van der Waals surface area contributed by atoms with Gasteiger partial charge in [-0.15, -0.1) is 0 Å². The Morgan fingerprint density at radius 1 is 1.31 bits per heavy atom. The minimum Gasteiger partial charge on any atom is -0.491 e. The zero-order valence-electron chi connectivity index (χ0n) is 8.77. The molecule has 0 aliphatic heterocycles. The fraction of sp³-hybridized carbons (Fsp3) is 0.455. The van der Waals surface area contributed by atoms with Crippen LogP contribution in [0.25, 0.3) is 0 Å². The van der Waals surface area contributed by atoms with Gasteiger partial charge in [0.05, 0.1) is 12.3 Å². The van der Waals surface area contributed by atoms with Crippen LogP contribution in [0.3, 0.4) is 0 Å². The van der Waals surface area contributed by atoms with Crippen molar-refractivity contribution in [1.82, 2.24) is 0 Å². The van der Waals surface area contributed by atoms with Crippen LogP contribution in [0.5, 0.6) is 5.75 Å². The van der Waals surface area contributed by atoms with Crippen molar-refractivity contribution in [3.63, 3.8) is 0 Å². The van der Waals surface area contributed by atoms with Crippen molar-refractivity contribution in [1.29, 1.82) is 0 Å². The lowest BCUT2D eigenvalue weighted by Crippen LogP contribution is -2.00. The van der Waals surface area contributed by atoms with Crippen LogP contribution in [0.1, 0.15) is 18.1 Å². The monoisotopic (exact) mass is 179 g/mol. The number of benzene rings is 1. The molecular weight excluding hydrogens is 162 g/mol. The smallest absolute Gasteiger partial charge is 0.145 e. The van der Waals surface area contributed by atoms with Crippen molar-refractivity contribution in [2.24, 2.45) is 0 Å². The Morgan fingerprint density at radius 3 is 2.54 bits per heavy atom. The molecule has 0 aliphatic carbocycles. The van der Waals surface area contributed by atoms with Crippen LogP contribution in [0.2, 0.25) is 0 Å². The SMILES string of the molecule is CCOc1c(C)cc(C)cc1NC. The molecule has 0 amide bonds. The molecule has 0 heterocycles. The average Bonchev–Trinajstić information content (AvgIpc) is 2.09. The fourth-order valence-electron chi connectivity index (χ4n) is 1.48. The van der Waals surface area contributed by atoms with E-state index < -0.39 is 0 Å². The van der Waals surface area contributed by atoms with Crippen LogP contribution in [-0.4, -0.2) is 13.7 Å². The van der Waals surface area contributed by atoms with Gasteiger partial charge in [0.2, 0.25) is 0 Å². The van der Waals surface area contributed by atoms with Crippen LogP contribution in [0.4, 0.5) is 5.69 Å². The third-order valence-corrected chi connectivity index (χ3v) is 1.98. The minimum atomic E-state index is 0.707. The second kappa shape index (κ2) is 4.17. The van der Waals surface area contributed by atoms with Gasteiger partial charge in [-0.2, -0.15) is 0 Å². The van der Waals surface area contributed by atoms with Crippen molar-refractivity contribution >= 4 is 5.69 Å². The Hall–Kier alpha value is -1.18. The molecule has 2 heteroatoms. The van der Waals surface area contributed by atoms with E-state index in [0.29, 0.717) is 6.61 Å². The first kappa shape index (κ1) is 9.90. The van der Waals surface area contributed by atoms with Crippen LogP contribution in [0, 0.1) is 13.8 Å². The summed E-state index contributed by atoms with van der Waals surface area (Å²) in [6.45, 7) is 6.86. The Morgan fingerprint density at radius 2 is 2.00 bits per heavy atom. The molecule has 1 rings (SSSR count). The highest BCUT2D eigenvalue weighted by molar-refractivity contribution is 5.61. The average molecular weight is 179 g/mol. The summed E-state index contributed by atoms with van der Waals surface area (Å²) in [5.41, 5.74) is 3.51. The van der Waals surface area contributed by atoms with Crippen molar-refractivity contribution in [3.05, 3.63) is 23.3 Å². The third-order valence-electron chi connectivity index (χ3n) is 1.98. The molecule has 1 N–H and O–H groups in total. The van der Waals surface area contributed by atoms with E-state index in [4.69, 9.17) is 4.74 Å². The number of anilines is 1. The van der Waals surface area contributed by atoms with Crippen molar-refractivity contribution in [3.8, 4) is 5.75 Å². The quantitative estimate of drug-likeness (QED) is 0.770. The van der Waals surface area contributed by atoms with E-state index in [1.54, 1.807) is 0 Å². The van der Waals surface area contributed by atoms with Gasteiger partial charge in [-0.1, -0.05) is 6.07 Å². The molecule has 0 aliphatic rings. The predicted octanol–water partition coefficient (Wildman–Crippen LogP) is 2.74. The molecular formula is C11H17NO. The standard InChI is InChI=1S/C11H17NO/c1-5-13-11-9(3)6-8(2)7-10(11)12-4/h6-7,12H,5H2,1-4H3. The molecule has 1 aromatic rings. The molecule has 0 atom stereocenters. The minimum absolute atomic E-state index is 0.707. The van der Waals surface area contributed by atoms with Gasteiger partial charge in [-0.3, -0.25) is 0 Å². The van der Waals surface area contributed by atoms with Crippen LogP contribution in [-0.2, 0) is 0 Å². The summed E-state index contributed by atoms with van der Waals surface area (Å²) in [5, 5.41) is 3.14. The van der Waals surface area contributed by atoms with Crippen LogP contribution < -0.4 is 10.1 Å². The summed E-state index contributed by atoms with van der Waals surface area (Å²) in [7, 11) is 1.91. The zero-order chi connectivity index (χ0) is 9.84. The van der Waals surface area contributed by atoms with Gasteiger partial charge >= 0.3 is 0 Å². The largest absolute Gasteiger partial charge is 0.491 e. The summed E-state index contributed by atoms with van der Waals surface area (Å²) in [4.78, 5) is 0. The number of hydrogen-bond acceptors (Lipinski definition) is 2. The van der Waals surface area contributed by atoms with Crippen LogP contribution >= 0.6 is 0 Å². The van der Waals surface area contributed by atoms with E-state index in [2.05, 4.69) is 31.3 Å². The van der Waals surface area contributed by atoms with E-state index in [1.807, 2.05) is 14.0 Å². The van der Waals surface area contributed by atoms with E-state index in [0.717, 1.165) is 11.4 Å². The summed E-state index contributed by atoms with van der Waals surface area (Å²) in [6, 6.07) is 4.23. The normalized spacial score (nSPS) is 9.85. The lowest BCUT2D eigenvalue weighted by atomic mass is 10.1. The second-order valence-corrected chi connectivity index (χ2v) is 3.14. The van der Waals surface area contributed by atoms with Crippen molar-refractivity contribution < 1.29 is 4.74 Å². The summed E-state index contributed by atoms with van der Waals surface area (Å²) in [5.74, 6) is 0.968. The molecule has 0 aromatic heterocycles. The highest BCUT2D eigenvalue weighted by Gasteiger charge is 2.05. The first-order chi connectivity index (χ1) is 6.19. The van der Waals surface area contributed by atoms with Gasteiger partial charge in [-0.25, -0.2) is 0 Å². The number of rotatable bonds is 3. The van der Waals surface area contributed by atoms with Gasteiger partial charge in [0, 0.05) is 7.05 Å². The lowest BCUT2D eigenvalue weighted by Gasteiger charge is -2.13. The summed E-state index contributed by atoms with van der Waals surface area (Å²) < 4.78 is 5.55. The van der Waals surface area contributed by atoms with E-state index in [1.165, 1.54) is 11.1 Å². The highest BCUT2D eigenvalue weighted by atomic mass is 16.5. The molecule has 0 saturated carbocycles. The maximum absolute atomic E-state index is 5.55. The number of aryl methyl sites for hydroxylation is 2. The molecule has 0 radical (unpaired) electrons. The van der Waals surface area contributed by atoms with E-state index in [-0.39, 0.29) is 0 Å². The summed E-state index contributed by atoms with van der Waals surface area (Å²) >= 11 is 0. The maximum atomic E-state index is 5.55. The van der Waals surface area contributed by atoms with Gasteiger partial charge in [0.15, 0.2) is 0 Å². The molecule has 2 nitrogen and oxygen atoms in total. The zero-order valence-corrected chi connectivity index (χ0v) is 8.77. The Balaban J connectivity index is 3.13. The second-order valence-electron chi connectivity index (χ2n) is 3.14. The molecule has 1 aromatic carbocycles. The molecule has 0 fully saturated rings. The number of hydrogen-bond donors (Lipinski definition) is 1. The third kappa shape index (κ3) is 2.14. The first-order valence-corrected chi connectivity index (χ1v) is 4.60. The van der Waals surface area contributed by atoms with Gasteiger partial charge in [-0.05, 0) is 38.0 Å². The topological polar surface area (TPSA) is 21.3 Å². The molecule has 0 spiro atoms. The highest BCUT2D eigenvalue weighted by Crippen LogP contribution is 2.29. The molecule has 0 bridgehead atoms. The Kier molecular flexibility index (Phi) is 3.18. The predicted molar refractivity (Wildman–Crippen MR) is 56.6 cm³/mol. The maximum Gasteiger partial charge on any atom is 0.145 e. The van der Waals surface area contributed by atoms with Crippen molar-refractivity contribution in [2.75, 3.05) is 19.0 Å². The van der Waals surface area contributed by atoms with E-state index >= 15 is 0 Å².